The largest absolute Gasteiger partial charge is 0.298 e. The second-order valence-electron chi connectivity index (χ2n) is 3.47. The van der Waals surface area contributed by atoms with Gasteiger partial charge in [-0.15, -0.1) is 0 Å². The molecule has 1 aliphatic rings. The molecule has 1 aliphatic carbocycles. The van der Waals surface area contributed by atoms with Crippen LogP contribution in [0, 0.1) is 17.1 Å². The average Bonchev–Trinajstić information content (AvgIpc) is 2.09. The Morgan fingerprint density at radius 3 is 2.79 bits per heavy atom. The summed E-state index contributed by atoms with van der Waals surface area (Å²) >= 11 is 1.46. The van der Waals surface area contributed by atoms with Crippen molar-refractivity contribution in [3.63, 3.8) is 0 Å². The number of carbonyl (C=O) groups is 1. The van der Waals surface area contributed by atoms with E-state index < -0.39 is 0 Å². The van der Waals surface area contributed by atoms with Gasteiger partial charge in [0.15, 0.2) is 5.78 Å². The molecule has 3 heteroatoms. The molecule has 78 valence electrons. The van der Waals surface area contributed by atoms with Crippen molar-refractivity contribution in [2.75, 3.05) is 12.8 Å². The molecule has 0 spiro atoms. The van der Waals surface area contributed by atoms with Crippen LogP contribution in [0.1, 0.15) is 26.2 Å². The molecule has 0 amide bonds. The second kappa shape index (κ2) is 6.10. The molecule has 1 atom stereocenters. The Bertz CT molecular complexity index is 250. The van der Waals surface area contributed by atoms with Crippen LogP contribution in [0.15, 0.2) is 0 Å². The van der Waals surface area contributed by atoms with Crippen LogP contribution < -0.4 is 5.32 Å². The summed E-state index contributed by atoms with van der Waals surface area (Å²) in [5.41, 5.74) is 0. The summed E-state index contributed by atoms with van der Waals surface area (Å²) in [7, 11) is 0. The van der Waals surface area contributed by atoms with Gasteiger partial charge < -0.3 is 0 Å². The molecule has 0 aromatic heterocycles. The van der Waals surface area contributed by atoms with Gasteiger partial charge in [-0.3, -0.25) is 10.1 Å². The highest BCUT2D eigenvalue weighted by molar-refractivity contribution is 8.03. The molecule has 1 N–H and O–H groups in total. The van der Waals surface area contributed by atoms with Crippen molar-refractivity contribution in [2.24, 2.45) is 5.92 Å². The van der Waals surface area contributed by atoms with E-state index in [0.717, 1.165) is 19.4 Å². The molecule has 2 nitrogen and oxygen atoms in total. The quantitative estimate of drug-likeness (QED) is 0.717. The number of carbonyl (C=O) groups excluding carboxylic acids is 1. The van der Waals surface area contributed by atoms with Gasteiger partial charge in [0.25, 0.3) is 0 Å². The number of hydrogen-bond acceptors (Lipinski definition) is 3. The minimum atomic E-state index is -0.238. The van der Waals surface area contributed by atoms with E-state index in [4.69, 9.17) is 0 Å². The molecule has 0 aliphatic heterocycles. The fourth-order valence-electron chi connectivity index (χ4n) is 1.47. The lowest BCUT2D eigenvalue weighted by Gasteiger charge is -2.26. The highest BCUT2D eigenvalue weighted by Gasteiger charge is 2.29. The summed E-state index contributed by atoms with van der Waals surface area (Å²) in [5, 5.41) is 6.03. The summed E-state index contributed by atoms with van der Waals surface area (Å²) in [6, 6.07) is -0.238. The normalized spacial score (nSPS) is 17.9. The zero-order chi connectivity index (χ0) is 10.4. The molecule has 0 aromatic carbocycles. The van der Waals surface area contributed by atoms with Gasteiger partial charge in [0.1, 0.15) is 6.04 Å². The van der Waals surface area contributed by atoms with E-state index in [2.05, 4.69) is 16.5 Å². The Labute approximate surface area is 90.2 Å². The third kappa shape index (κ3) is 3.04. The fraction of sp³-hybridized carbons (Fsp3) is 0.727. The standard InChI is InChI=1S/C11H17NOS/c1-3-12-10(7-8-14-2)11(13)9-5-4-6-9/h9-10,12H,3-6H2,1-2H3. The summed E-state index contributed by atoms with van der Waals surface area (Å²) in [4.78, 5) is 11.8. The number of ketones is 1. The van der Waals surface area contributed by atoms with Gasteiger partial charge in [-0.25, -0.2) is 0 Å². The monoisotopic (exact) mass is 211 g/mol. The number of rotatable bonds is 4. The SMILES string of the molecule is CCNC(C#CSC)C(=O)C1CCC1. The minimum Gasteiger partial charge on any atom is -0.298 e. The Balaban J connectivity index is 2.51. The van der Waals surface area contributed by atoms with Crippen molar-refractivity contribution in [3.8, 4) is 11.2 Å². The molecule has 1 fully saturated rings. The topological polar surface area (TPSA) is 29.1 Å². The highest BCUT2D eigenvalue weighted by Crippen LogP contribution is 2.27. The maximum Gasteiger partial charge on any atom is 0.165 e. The van der Waals surface area contributed by atoms with Gasteiger partial charge in [0, 0.05) is 5.92 Å². The van der Waals surface area contributed by atoms with E-state index in [1.54, 1.807) is 0 Å². The third-order valence-corrected chi connectivity index (χ3v) is 2.83. The molecule has 0 saturated heterocycles. The van der Waals surface area contributed by atoms with Crippen molar-refractivity contribution in [2.45, 2.75) is 32.2 Å². The van der Waals surface area contributed by atoms with Crippen molar-refractivity contribution in [1.29, 1.82) is 0 Å². The summed E-state index contributed by atoms with van der Waals surface area (Å²) in [5.74, 6) is 3.54. The lowest BCUT2D eigenvalue weighted by atomic mass is 9.80. The number of likely N-dealkylation sites (N-methyl/N-ethyl adjacent to an activating group) is 1. The van der Waals surface area contributed by atoms with Gasteiger partial charge in [-0.1, -0.05) is 31.0 Å². The summed E-state index contributed by atoms with van der Waals surface area (Å²) in [6.07, 6.45) is 5.23. The molecule has 0 radical (unpaired) electrons. The van der Waals surface area contributed by atoms with E-state index >= 15 is 0 Å². The first-order valence-electron chi connectivity index (χ1n) is 5.10. The van der Waals surface area contributed by atoms with E-state index in [9.17, 15) is 4.79 Å². The first-order chi connectivity index (χ1) is 6.79. The molecule has 1 rings (SSSR count). The van der Waals surface area contributed by atoms with Crippen LogP contribution >= 0.6 is 11.8 Å². The molecule has 0 heterocycles. The molecule has 0 bridgehead atoms. The molecule has 1 saturated carbocycles. The molecule has 14 heavy (non-hydrogen) atoms. The second-order valence-corrected chi connectivity index (χ2v) is 4.08. The zero-order valence-corrected chi connectivity index (χ0v) is 9.62. The lowest BCUT2D eigenvalue weighted by Crippen LogP contribution is -2.41. The van der Waals surface area contributed by atoms with E-state index in [-0.39, 0.29) is 12.0 Å². The predicted octanol–water partition coefficient (Wildman–Crippen LogP) is 1.66. The minimum absolute atomic E-state index is 0.238. The van der Waals surface area contributed by atoms with Crippen LogP contribution in [0.4, 0.5) is 0 Å². The van der Waals surface area contributed by atoms with Crippen LogP contribution in [0.25, 0.3) is 0 Å². The highest BCUT2D eigenvalue weighted by atomic mass is 32.2. The van der Waals surface area contributed by atoms with Gasteiger partial charge in [-0.2, -0.15) is 0 Å². The Hall–Kier alpha value is -0.460. The number of nitrogens with one attached hydrogen (secondary N) is 1. The smallest absolute Gasteiger partial charge is 0.165 e. The molecule has 1 unspecified atom stereocenters. The maximum absolute atomic E-state index is 11.8. The Morgan fingerprint density at radius 1 is 1.64 bits per heavy atom. The van der Waals surface area contributed by atoms with Crippen LogP contribution in [0.5, 0.6) is 0 Å². The number of hydrogen-bond donors (Lipinski definition) is 1. The van der Waals surface area contributed by atoms with Crippen LogP contribution in [-0.2, 0) is 4.79 Å². The van der Waals surface area contributed by atoms with Crippen LogP contribution in [0.3, 0.4) is 0 Å². The summed E-state index contributed by atoms with van der Waals surface area (Å²) in [6.45, 7) is 2.80. The van der Waals surface area contributed by atoms with Gasteiger partial charge in [0.05, 0.1) is 0 Å². The number of thioether (sulfide) groups is 1. The third-order valence-electron chi connectivity index (χ3n) is 2.51. The van der Waals surface area contributed by atoms with Crippen LogP contribution in [-0.4, -0.2) is 24.6 Å². The van der Waals surface area contributed by atoms with Crippen LogP contribution in [0.2, 0.25) is 0 Å². The van der Waals surface area contributed by atoms with Crippen molar-refractivity contribution < 1.29 is 4.79 Å². The predicted molar refractivity (Wildman–Crippen MR) is 61.1 cm³/mol. The zero-order valence-electron chi connectivity index (χ0n) is 8.80. The fourth-order valence-corrected chi connectivity index (χ4v) is 1.71. The Kier molecular flexibility index (Phi) is 5.06. The maximum atomic E-state index is 11.8. The van der Waals surface area contributed by atoms with E-state index in [1.807, 2.05) is 13.2 Å². The summed E-state index contributed by atoms with van der Waals surface area (Å²) < 4.78 is 0. The first kappa shape index (κ1) is 11.6. The van der Waals surface area contributed by atoms with Gasteiger partial charge in [0.2, 0.25) is 0 Å². The van der Waals surface area contributed by atoms with Gasteiger partial charge in [-0.05, 0) is 30.9 Å². The molecular weight excluding hydrogens is 194 g/mol. The van der Waals surface area contributed by atoms with E-state index in [1.165, 1.54) is 18.2 Å². The first-order valence-corrected chi connectivity index (χ1v) is 6.32. The van der Waals surface area contributed by atoms with E-state index in [0.29, 0.717) is 5.78 Å². The number of Topliss-reactive ketones (excluding diaryl/α,β-unsaturated/α-hetero) is 1. The van der Waals surface area contributed by atoms with Crippen molar-refractivity contribution in [1.82, 2.24) is 5.32 Å². The Morgan fingerprint density at radius 2 is 2.36 bits per heavy atom. The van der Waals surface area contributed by atoms with Crippen molar-refractivity contribution in [3.05, 3.63) is 0 Å². The van der Waals surface area contributed by atoms with Gasteiger partial charge >= 0.3 is 0 Å². The van der Waals surface area contributed by atoms with Crippen molar-refractivity contribution >= 4 is 17.5 Å². The lowest BCUT2D eigenvalue weighted by molar-refractivity contribution is -0.125. The molecular formula is C11H17NOS. The average molecular weight is 211 g/mol. The molecule has 0 aromatic rings.